The van der Waals surface area contributed by atoms with Gasteiger partial charge in [-0.1, -0.05) is 52.8 Å². The van der Waals surface area contributed by atoms with Crippen LogP contribution in [0.15, 0.2) is 65.6 Å². The molecule has 0 bridgehead atoms. The summed E-state index contributed by atoms with van der Waals surface area (Å²) in [6, 6.07) is 18.1. The van der Waals surface area contributed by atoms with Gasteiger partial charge >= 0.3 is 0 Å². The fraction of sp³-hybridized carbons (Fsp3) is 0.280. The van der Waals surface area contributed by atoms with E-state index in [0.717, 1.165) is 46.7 Å². The quantitative estimate of drug-likeness (QED) is 0.191. The number of hydrogen-bond acceptors (Lipinski definition) is 4. The van der Waals surface area contributed by atoms with E-state index < -0.39 is 0 Å². The Morgan fingerprint density at radius 2 is 1.67 bits per heavy atom. The third kappa shape index (κ3) is 7.71. The smallest absolute Gasteiger partial charge is 0.123 e. The van der Waals surface area contributed by atoms with Crippen LogP contribution < -0.4 is 9.03 Å². The van der Waals surface area contributed by atoms with E-state index in [1.165, 1.54) is 6.07 Å². The van der Waals surface area contributed by atoms with Crippen molar-refractivity contribution in [1.82, 2.24) is 4.72 Å². The second-order valence-electron chi connectivity index (χ2n) is 7.50. The molecule has 1 atom stereocenters. The van der Waals surface area contributed by atoms with Gasteiger partial charge in [0, 0.05) is 20.7 Å². The van der Waals surface area contributed by atoms with E-state index in [0.29, 0.717) is 15.1 Å². The van der Waals surface area contributed by atoms with Crippen LogP contribution in [0.5, 0.6) is 0 Å². The van der Waals surface area contributed by atoms with Gasteiger partial charge in [0.1, 0.15) is 5.82 Å². The second kappa shape index (κ2) is 13.1. The van der Waals surface area contributed by atoms with Crippen molar-refractivity contribution >= 4 is 64.4 Å². The maximum Gasteiger partial charge on any atom is 0.123 e. The van der Waals surface area contributed by atoms with Gasteiger partial charge in [-0.15, -0.1) is 0 Å². The molecule has 1 unspecified atom stereocenters. The fourth-order valence-corrected chi connectivity index (χ4v) is 5.63. The summed E-state index contributed by atoms with van der Waals surface area (Å²) in [6.07, 6.45) is 2.85. The molecule has 0 heterocycles. The van der Waals surface area contributed by atoms with E-state index in [2.05, 4.69) is 16.0 Å². The minimum atomic E-state index is -0.219. The molecular formula is C25H26Cl3FN2S2. The van der Waals surface area contributed by atoms with Crippen LogP contribution in [-0.2, 0) is 6.42 Å². The Balaban J connectivity index is 1.94. The largest absolute Gasteiger partial charge is 0.303 e. The molecule has 3 aromatic carbocycles. The average Bonchev–Trinajstić information content (AvgIpc) is 2.80. The molecule has 33 heavy (non-hydrogen) atoms. The predicted molar refractivity (Wildman–Crippen MR) is 146 cm³/mol. The third-order valence-corrected chi connectivity index (χ3v) is 7.94. The van der Waals surface area contributed by atoms with Gasteiger partial charge in [-0.2, -0.15) is 0 Å². The van der Waals surface area contributed by atoms with Crippen molar-refractivity contribution in [2.45, 2.75) is 37.1 Å². The highest BCUT2D eigenvalue weighted by Crippen LogP contribution is 2.42. The van der Waals surface area contributed by atoms with E-state index in [9.17, 15) is 4.39 Å². The van der Waals surface area contributed by atoms with Gasteiger partial charge in [-0.3, -0.25) is 4.72 Å². The molecule has 1 N–H and O–H groups in total. The van der Waals surface area contributed by atoms with Gasteiger partial charge in [0.15, 0.2) is 0 Å². The summed E-state index contributed by atoms with van der Waals surface area (Å²) in [5, 5.41) is 1.88. The van der Waals surface area contributed by atoms with Gasteiger partial charge in [-0.05, 0) is 111 Å². The van der Waals surface area contributed by atoms with E-state index in [1.807, 2.05) is 43.4 Å². The van der Waals surface area contributed by atoms with Gasteiger partial charge in [-0.25, -0.2) is 4.39 Å². The molecule has 176 valence electrons. The number of hydrogen-bond donors (Lipinski definition) is 1. The molecule has 3 aromatic rings. The van der Waals surface area contributed by atoms with E-state index in [1.54, 1.807) is 42.1 Å². The molecule has 2 nitrogen and oxygen atoms in total. The second-order valence-corrected chi connectivity index (χ2v) is 10.9. The van der Waals surface area contributed by atoms with E-state index in [4.69, 9.17) is 34.8 Å². The number of rotatable bonds is 11. The number of nitrogens with zero attached hydrogens (tertiary/aromatic N) is 1. The summed E-state index contributed by atoms with van der Waals surface area (Å²) in [6.45, 7) is 2.10. The molecule has 0 aliphatic rings. The van der Waals surface area contributed by atoms with Crippen molar-refractivity contribution in [3.63, 3.8) is 0 Å². The topological polar surface area (TPSA) is 15.3 Å². The van der Waals surface area contributed by atoms with Crippen LogP contribution in [0.4, 0.5) is 10.1 Å². The summed E-state index contributed by atoms with van der Waals surface area (Å²) < 4.78 is 19.4. The van der Waals surface area contributed by atoms with Crippen LogP contribution in [0.3, 0.4) is 0 Å². The first kappa shape index (κ1) is 26.5. The minimum absolute atomic E-state index is 0.0936. The number of benzene rings is 3. The monoisotopic (exact) mass is 542 g/mol. The van der Waals surface area contributed by atoms with Crippen LogP contribution in [-0.4, -0.2) is 12.8 Å². The predicted octanol–water partition coefficient (Wildman–Crippen LogP) is 9.25. The molecule has 0 saturated carbocycles. The first-order valence-corrected chi connectivity index (χ1v) is 13.5. The Bertz CT molecular complexity index is 1050. The summed E-state index contributed by atoms with van der Waals surface area (Å²) in [5.41, 5.74) is 2.88. The number of anilines is 1. The van der Waals surface area contributed by atoms with Gasteiger partial charge in [0.05, 0.1) is 16.8 Å². The van der Waals surface area contributed by atoms with E-state index in [-0.39, 0.29) is 11.9 Å². The lowest BCUT2D eigenvalue weighted by molar-refractivity contribution is 0.621. The minimum Gasteiger partial charge on any atom is -0.303 e. The lowest BCUT2D eigenvalue weighted by atomic mass is 9.97. The van der Waals surface area contributed by atoms with Crippen LogP contribution in [0.25, 0.3) is 0 Å². The normalized spacial score (nSPS) is 12.1. The van der Waals surface area contributed by atoms with E-state index >= 15 is 0 Å². The highest BCUT2D eigenvalue weighted by atomic mass is 35.5. The summed E-state index contributed by atoms with van der Waals surface area (Å²) in [7, 11) is 1.92. The van der Waals surface area contributed by atoms with Crippen LogP contribution in [0, 0.1) is 5.82 Å². The van der Waals surface area contributed by atoms with Crippen molar-refractivity contribution in [2.24, 2.45) is 0 Å². The number of aryl methyl sites for hydroxylation is 1. The highest BCUT2D eigenvalue weighted by molar-refractivity contribution is 8.00. The Labute approximate surface area is 219 Å². The molecule has 0 fully saturated rings. The summed E-state index contributed by atoms with van der Waals surface area (Å²) in [4.78, 5) is 1.01. The van der Waals surface area contributed by atoms with Crippen molar-refractivity contribution in [2.75, 3.05) is 17.1 Å². The Hall–Kier alpha value is -1.08. The maximum atomic E-state index is 14.2. The Kier molecular flexibility index (Phi) is 10.6. The van der Waals surface area contributed by atoms with Crippen LogP contribution in [0.2, 0.25) is 15.1 Å². The SMILES string of the molecule is CNSCCCCc1cc(F)ccc1C(C)N(Sc1ccc(Cl)cc1)c1cc(Cl)ccc1Cl. The molecule has 0 spiro atoms. The first-order chi connectivity index (χ1) is 15.9. The molecule has 0 aliphatic carbocycles. The zero-order valence-corrected chi connectivity index (χ0v) is 22.4. The molecule has 3 rings (SSSR count). The first-order valence-electron chi connectivity index (χ1n) is 10.6. The average molecular weight is 544 g/mol. The lowest BCUT2D eigenvalue weighted by Gasteiger charge is -2.32. The molecule has 0 aromatic heterocycles. The standard InChI is InChI=1S/C25H26Cl3FN2S2/c1-17(23-12-9-21(29)15-18(23)5-3-4-14-32-30-2)31(25-16-20(27)8-13-24(25)28)33-22-10-6-19(26)7-11-22/h6-13,15-17,30H,3-5,14H2,1-2H3. The maximum absolute atomic E-state index is 14.2. The zero-order chi connectivity index (χ0) is 23.8. The molecule has 0 radical (unpaired) electrons. The zero-order valence-electron chi connectivity index (χ0n) is 18.5. The van der Waals surface area contributed by atoms with Crippen molar-refractivity contribution in [3.8, 4) is 0 Å². The van der Waals surface area contributed by atoms with Crippen LogP contribution >= 0.6 is 58.7 Å². The summed E-state index contributed by atoms with van der Waals surface area (Å²) in [5.74, 6) is 0.802. The third-order valence-electron chi connectivity index (χ3n) is 5.16. The Morgan fingerprint density at radius 3 is 2.39 bits per heavy atom. The van der Waals surface area contributed by atoms with Crippen molar-refractivity contribution in [1.29, 1.82) is 0 Å². The summed E-state index contributed by atoms with van der Waals surface area (Å²) >= 11 is 22.3. The molecule has 0 aliphatic heterocycles. The molecule has 0 amide bonds. The van der Waals surface area contributed by atoms with Crippen molar-refractivity contribution < 1.29 is 4.39 Å². The Morgan fingerprint density at radius 1 is 0.939 bits per heavy atom. The molecule has 0 saturated heterocycles. The molecular weight excluding hydrogens is 518 g/mol. The lowest BCUT2D eigenvalue weighted by Crippen LogP contribution is -2.21. The van der Waals surface area contributed by atoms with Gasteiger partial charge in [0.25, 0.3) is 0 Å². The number of halogens is 4. The van der Waals surface area contributed by atoms with Gasteiger partial charge < -0.3 is 4.31 Å². The van der Waals surface area contributed by atoms with Crippen LogP contribution in [0.1, 0.15) is 36.9 Å². The molecule has 8 heteroatoms. The number of nitrogens with one attached hydrogen (secondary N) is 1. The fourth-order valence-electron chi connectivity index (χ4n) is 3.52. The highest BCUT2D eigenvalue weighted by Gasteiger charge is 2.23. The van der Waals surface area contributed by atoms with Gasteiger partial charge in [0.2, 0.25) is 0 Å². The van der Waals surface area contributed by atoms with Crippen molar-refractivity contribution in [3.05, 3.63) is 92.7 Å². The number of unbranched alkanes of at least 4 members (excludes halogenated alkanes) is 1.